The topological polar surface area (TPSA) is 46.5 Å². The Balaban J connectivity index is 3.55. The Kier molecular flexibility index (Phi) is 10.7. The summed E-state index contributed by atoms with van der Waals surface area (Å²) in [5.74, 6) is -0.407. The van der Waals surface area contributed by atoms with Crippen molar-refractivity contribution in [3.8, 4) is 0 Å². The molecule has 0 saturated carbocycles. The third kappa shape index (κ3) is 11.2. The van der Waals surface area contributed by atoms with Gasteiger partial charge in [0.2, 0.25) is 0 Å². The van der Waals surface area contributed by atoms with Crippen LogP contribution in [0, 0.1) is 0 Å². The molecule has 1 N–H and O–H groups in total. The lowest BCUT2D eigenvalue weighted by molar-refractivity contribution is -0.140. The number of hydrogen-bond donors (Lipinski definition) is 1. The van der Waals surface area contributed by atoms with Crippen LogP contribution in [0.15, 0.2) is 24.3 Å². The van der Waals surface area contributed by atoms with E-state index in [-0.39, 0.29) is 6.61 Å². The van der Waals surface area contributed by atoms with Crippen molar-refractivity contribution in [3.05, 3.63) is 24.3 Å². The second-order valence-corrected chi connectivity index (χ2v) is 4.02. The molecule has 3 nitrogen and oxygen atoms in total. The monoisotopic (exact) mass is 240 g/mol. The molecule has 0 aliphatic carbocycles. The van der Waals surface area contributed by atoms with Crippen LogP contribution >= 0.6 is 0 Å². The quantitative estimate of drug-likeness (QED) is 0.292. The van der Waals surface area contributed by atoms with Crippen molar-refractivity contribution in [1.82, 2.24) is 0 Å². The maximum Gasteiger partial charge on any atom is 0.330 e. The fraction of sp³-hybridized carbons (Fsp3) is 0.643. The number of carbonyl (C=O) groups is 1. The molecule has 0 aromatic carbocycles. The molecular weight excluding hydrogens is 216 g/mol. The van der Waals surface area contributed by atoms with Gasteiger partial charge in [-0.1, -0.05) is 50.8 Å². The van der Waals surface area contributed by atoms with Crippen LogP contribution < -0.4 is 0 Å². The fourth-order valence-electron chi connectivity index (χ4n) is 1.36. The molecule has 17 heavy (non-hydrogen) atoms. The molecule has 0 aromatic rings. The minimum atomic E-state index is -0.536. The van der Waals surface area contributed by atoms with Crippen LogP contribution in [0.5, 0.6) is 0 Å². The first kappa shape index (κ1) is 15.9. The summed E-state index contributed by atoms with van der Waals surface area (Å²) in [6.45, 7) is 4.11. The maximum absolute atomic E-state index is 11.1. The Labute approximate surface area is 104 Å². The Hall–Kier alpha value is -1.09. The van der Waals surface area contributed by atoms with Gasteiger partial charge < -0.3 is 9.84 Å². The Morgan fingerprint density at radius 3 is 2.71 bits per heavy atom. The number of unbranched alkanes of at least 4 members (excludes halogenated alkanes) is 3. The Morgan fingerprint density at radius 2 is 2.06 bits per heavy atom. The molecule has 0 amide bonds. The van der Waals surface area contributed by atoms with Crippen molar-refractivity contribution in [2.45, 2.75) is 52.1 Å². The predicted octanol–water partition coefficient (Wildman–Crippen LogP) is 2.99. The lowest BCUT2D eigenvalue weighted by Gasteiger charge is -2.09. The van der Waals surface area contributed by atoms with Crippen LogP contribution in [0.1, 0.15) is 46.0 Å². The molecule has 0 aliphatic heterocycles. The highest BCUT2D eigenvalue weighted by atomic mass is 16.5. The third-order valence-corrected chi connectivity index (χ3v) is 2.34. The summed E-state index contributed by atoms with van der Waals surface area (Å²) in [6, 6.07) is 0. The van der Waals surface area contributed by atoms with E-state index in [1.807, 2.05) is 13.0 Å². The molecule has 0 fully saturated rings. The van der Waals surface area contributed by atoms with E-state index in [0.29, 0.717) is 6.42 Å². The number of aliphatic hydroxyl groups is 1. The zero-order valence-electron chi connectivity index (χ0n) is 10.9. The standard InChI is InChI=1S/C14H24O3/c1-3-5-7-9-10-13(15)12-17-14(16)11-8-6-4-2/h4,6,8,11,13,15H,3,5,7,9-10,12H2,1-2H3/b6-4+,11-8+. The highest BCUT2D eigenvalue weighted by molar-refractivity contribution is 5.82. The molecule has 1 atom stereocenters. The van der Waals surface area contributed by atoms with Crippen molar-refractivity contribution in [1.29, 1.82) is 0 Å². The van der Waals surface area contributed by atoms with Gasteiger partial charge in [0.25, 0.3) is 0 Å². The third-order valence-electron chi connectivity index (χ3n) is 2.34. The number of esters is 1. The molecule has 1 unspecified atom stereocenters. The van der Waals surface area contributed by atoms with Gasteiger partial charge in [-0.2, -0.15) is 0 Å². The number of hydrogen-bond acceptors (Lipinski definition) is 3. The summed E-state index contributed by atoms with van der Waals surface area (Å²) in [6.07, 6.45) is 11.2. The van der Waals surface area contributed by atoms with E-state index in [4.69, 9.17) is 4.74 Å². The van der Waals surface area contributed by atoms with Gasteiger partial charge in [-0.05, 0) is 13.3 Å². The molecule has 3 heteroatoms. The zero-order valence-corrected chi connectivity index (χ0v) is 10.9. The van der Waals surface area contributed by atoms with E-state index in [1.165, 1.54) is 18.9 Å². The minimum absolute atomic E-state index is 0.0884. The second kappa shape index (κ2) is 11.4. The molecule has 98 valence electrons. The van der Waals surface area contributed by atoms with Gasteiger partial charge in [0.1, 0.15) is 6.61 Å². The fourth-order valence-corrected chi connectivity index (χ4v) is 1.36. The van der Waals surface area contributed by atoms with Crippen LogP contribution in [0.4, 0.5) is 0 Å². The van der Waals surface area contributed by atoms with Crippen LogP contribution in [0.3, 0.4) is 0 Å². The van der Waals surface area contributed by atoms with E-state index < -0.39 is 12.1 Å². The summed E-state index contributed by atoms with van der Waals surface area (Å²) in [4.78, 5) is 11.1. The Morgan fingerprint density at radius 1 is 1.29 bits per heavy atom. The average molecular weight is 240 g/mol. The normalized spacial score (nSPS) is 13.4. The van der Waals surface area contributed by atoms with Crippen molar-refractivity contribution in [2.75, 3.05) is 6.61 Å². The van der Waals surface area contributed by atoms with Gasteiger partial charge in [0, 0.05) is 6.08 Å². The average Bonchev–Trinajstić information content (AvgIpc) is 2.32. The first-order valence-electron chi connectivity index (χ1n) is 6.34. The summed E-state index contributed by atoms with van der Waals surface area (Å²) >= 11 is 0. The molecule has 0 spiro atoms. The SMILES string of the molecule is C/C=C/C=C/C(=O)OCC(O)CCCCCC. The van der Waals surface area contributed by atoms with Gasteiger partial charge in [0.05, 0.1) is 6.10 Å². The maximum atomic E-state index is 11.1. The first-order valence-corrected chi connectivity index (χ1v) is 6.34. The van der Waals surface area contributed by atoms with Crippen LogP contribution in [0.2, 0.25) is 0 Å². The molecule has 0 aliphatic rings. The van der Waals surface area contributed by atoms with Crippen LogP contribution in [-0.4, -0.2) is 23.8 Å². The van der Waals surface area contributed by atoms with E-state index in [2.05, 4.69) is 6.92 Å². The van der Waals surface area contributed by atoms with E-state index in [0.717, 1.165) is 12.8 Å². The van der Waals surface area contributed by atoms with Crippen molar-refractivity contribution < 1.29 is 14.6 Å². The summed E-state index contributed by atoms with van der Waals surface area (Å²) < 4.78 is 4.90. The lowest BCUT2D eigenvalue weighted by Crippen LogP contribution is -2.17. The van der Waals surface area contributed by atoms with E-state index in [9.17, 15) is 9.90 Å². The molecule has 0 bridgehead atoms. The number of carbonyl (C=O) groups excluding carboxylic acids is 1. The van der Waals surface area contributed by atoms with Gasteiger partial charge >= 0.3 is 5.97 Å². The molecule has 0 aromatic heterocycles. The summed E-state index contributed by atoms with van der Waals surface area (Å²) in [5.41, 5.74) is 0. The van der Waals surface area contributed by atoms with E-state index >= 15 is 0 Å². The van der Waals surface area contributed by atoms with E-state index in [1.54, 1.807) is 12.2 Å². The van der Waals surface area contributed by atoms with Crippen LogP contribution in [-0.2, 0) is 9.53 Å². The molecule has 0 rings (SSSR count). The molecular formula is C14H24O3. The summed E-state index contributed by atoms with van der Waals surface area (Å²) in [5, 5.41) is 9.55. The zero-order chi connectivity index (χ0) is 12.9. The largest absolute Gasteiger partial charge is 0.460 e. The van der Waals surface area contributed by atoms with Gasteiger partial charge in [0.15, 0.2) is 0 Å². The smallest absolute Gasteiger partial charge is 0.330 e. The van der Waals surface area contributed by atoms with Crippen molar-refractivity contribution >= 4 is 5.97 Å². The predicted molar refractivity (Wildman–Crippen MR) is 69.7 cm³/mol. The lowest BCUT2D eigenvalue weighted by atomic mass is 10.1. The molecule has 0 radical (unpaired) electrons. The summed E-state index contributed by atoms with van der Waals surface area (Å²) in [7, 11) is 0. The number of ether oxygens (including phenoxy) is 1. The van der Waals surface area contributed by atoms with Gasteiger partial charge in [-0.25, -0.2) is 4.79 Å². The number of allylic oxidation sites excluding steroid dienone is 3. The Bertz CT molecular complexity index is 244. The number of rotatable bonds is 9. The highest BCUT2D eigenvalue weighted by Gasteiger charge is 2.06. The molecule has 0 saturated heterocycles. The second-order valence-electron chi connectivity index (χ2n) is 4.02. The van der Waals surface area contributed by atoms with Crippen molar-refractivity contribution in [3.63, 3.8) is 0 Å². The van der Waals surface area contributed by atoms with Crippen molar-refractivity contribution in [2.24, 2.45) is 0 Å². The molecule has 0 heterocycles. The highest BCUT2D eigenvalue weighted by Crippen LogP contribution is 2.05. The number of aliphatic hydroxyl groups excluding tert-OH is 1. The van der Waals surface area contributed by atoms with Gasteiger partial charge in [-0.3, -0.25) is 0 Å². The van der Waals surface area contributed by atoms with Gasteiger partial charge in [-0.15, -0.1) is 0 Å². The minimum Gasteiger partial charge on any atom is -0.460 e. The van der Waals surface area contributed by atoms with Crippen LogP contribution in [0.25, 0.3) is 0 Å². The first-order chi connectivity index (χ1) is 8.20.